The summed E-state index contributed by atoms with van der Waals surface area (Å²) in [4.78, 5) is 14.7. The Hall–Kier alpha value is -1.47. The van der Waals surface area contributed by atoms with Gasteiger partial charge in [-0.05, 0) is 19.9 Å². The zero-order valence-electron chi connectivity index (χ0n) is 12.3. The summed E-state index contributed by atoms with van der Waals surface area (Å²) >= 11 is 4.87. The van der Waals surface area contributed by atoms with Crippen LogP contribution in [0.5, 0.6) is 0 Å². The molecule has 7 heteroatoms. The minimum atomic E-state index is -0.0687. The SMILES string of the molecule is CCn1nc(C)cc1C(=O)N(CCOC)CCC(N)=S. The number of thiocarbonyl (C=S) groups is 1. The predicted octanol–water partition coefficient (Wildman–Crippen LogP) is 0.976. The van der Waals surface area contributed by atoms with Gasteiger partial charge in [0.1, 0.15) is 5.69 Å². The summed E-state index contributed by atoms with van der Waals surface area (Å²) in [6.07, 6.45) is 0.504. The number of aromatic nitrogens is 2. The van der Waals surface area contributed by atoms with E-state index in [1.165, 1.54) is 0 Å². The number of hydrogen-bond donors (Lipinski definition) is 1. The fraction of sp³-hybridized carbons (Fsp3) is 0.615. The normalized spacial score (nSPS) is 10.6. The molecule has 1 aromatic rings. The number of amides is 1. The molecule has 20 heavy (non-hydrogen) atoms. The molecule has 1 heterocycles. The van der Waals surface area contributed by atoms with E-state index in [1.54, 1.807) is 22.8 Å². The van der Waals surface area contributed by atoms with Gasteiger partial charge < -0.3 is 15.4 Å². The topological polar surface area (TPSA) is 73.4 Å². The largest absolute Gasteiger partial charge is 0.393 e. The van der Waals surface area contributed by atoms with Crippen LogP contribution in [0.25, 0.3) is 0 Å². The first-order valence-electron chi connectivity index (χ1n) is 6.60. The van der Waals surface area contributed by atoms with Gasteiger partial charge in [-0.3, -0.25) is 9.48 Å². The molecule has 6 nitrogen and oxygen atoms in total. The van der Waals surface area contributed by atoms with Gasteiger partial charge in [0.05, 0.1) is 17.3 Å². The maximum atomic E-state index is 12.6. The smallest absolute Gasteiger partial charge is 0.272 e. The molecule has 1 amide bonds. The number of carbonyl (C=O) groups excluding carboxylic acids is 1. The lowest BCUT2D eigenvalue weighted by Crippen LogP contribution is -2.37. The molecule has 0 saturated heterocycles. The molecule has 1 rings (SSSR count). The van der Waals surface area contributed by atoms with Gasteiger partial charge in [-0.15, -0.1) is 0 Å². The minimum absolute atomic E-state index is 0.0687. The molecule has 0 spiro atoms. The number of carbonyl (C=O) groups is 1. The van der Waals surface area contributed by atoms with E-state index in [-0.39, 0.29) is 5.91 Å². The maximum absolute atomic E-state index is 12.6. The highest BCUT2D eigenvalue weighted by Gasteiger charge is 2.20. The van der Waals surface area contributed by atoms with Gasteiger partial charge in [0.2, 0.25) is 0 Å². The van der Waals surface area contributed by atoms with Crippen LogP contribution < -0.4 is 5.73 Å². The molecular formula is C13H22N4O2S. The van der Waals surface area contributed by atoms with E-state index in [9.17, 15) is 4.79 Å². The number of ether oxygens (including phenoxy) is 1. The van der Waals surface area contributed by atoms with Gasteiger partial charge in [0, 0.05) is 33.2 Å². The molecule has 0 aliphatic heterocycles. The Kier molecular flexibility index (Phi) is 6.60. The third-order valence-corrected chi connectivity index (χ3v) is 3.11. The summed E-state index contributed by atoms with van der Waals surface area (Å²) in [5.41, 5.74) is 6.93. The van der Waals surface area contributed by atoms with Crippen LogP contribution in [-0.4, -0.2) is 52.4 Å². The summed E-state index contributed by atoms with van der Waals surface area (Å²) in [7, 11) is 1.61. The number of rotatable bonds is 8. The second-order valence-electron chi connectivity index (χ2n) is 4.49. The Bertz CT molecular complexity index is 473. The second kappa shape index (κ2) is 7.96. The van der Waals surface area contributed by atoms with Gasteiger partial charge in [0.15, 0.2) is 0 Å². The van der Waals surface area contributed by atoms with Gasteiger partial charge in [-0.25, -0.2) is 0 Å². The fourth-order valence-corrected chi connectivity index (χ4v) is 1.97. The third-order valence-electron chi connectivity index (χ3n) is 2.90. The van der Waals surface area contributed by atoms with Crippen LogP contribution in [0.3, 0.4) is 0 Å². The summed E-state index contributed by atoms with van der Waals surface area (Å²) in [5, 5.41) is 4.30. The van der Waals surface area contributed by atoms with E-state index in [4.69, 9.17) is 22.7 Å². The van der Waals surface area contributed by atoms with Crippen LogP contribution in [0.15, 0.2) is 6.07 Å². The summed E-state index contributed by atoms with van der Waals surface area (Å²) < 4.78 is 6.75. The summed E-state index contributed by atoms with van der Waals surface area (Å²) in [6, 6.07) is 1.80. The predicted molar refractivity (Wildman–Crippen MR) is 81.8 cm³/mol. The molecule has 0 aliphatic carbocycles. The molecule has 0 fully saturated rings. The van der Waals surface area contributed by atoms with Crippen LogP contribution in [0.4, 0.5) is 0 Å². The number of nitrogens with two attached hydrogens (primary N) is 1. The summed E-state index contributed by atoms with van der Waals surface area (Å²) in [5.74, 6) is -0.0687. The first-order chi connectivity index (χ1) is 9.49. The first kappa shape index (κ1) is 16.6. The van der Waals surface area contributed by atoms with E-state index in [0.29, 0.717) is 43.3 Å². The van der Waals surface area contributed by atoms with Crippen LogP contribution >= 0.6 is 12.2 Å². The highest BCUT2D eigenvalue weighted by Crippen LogP contribution is 2.09. The van der Waals surface area contributed by atoms with E-state index in [2.05, 4.69) is 5.10 Å². The molecule has 0 bridgehead atoms. The Morgan fingerprint density at radius 3 is 2.80 bits per heavy atom. The van der Waals surface area contributed by atoms with Gasteiger partial charge in [-0.1, -0.05) is 12.2 Å². The van der Waals surface area contributed by atoms with Crippen LogP contribution in [0.1, 0.15) is 29.5 Å². The van der Waals surface area contributed by atoms with Crippen molar-refractivity contribution in [2.24, 2.45) is 5.73 Å². The van der Waals surface area contributed by atoms with Crippen molar-refractivity contribution in [1.29, 1.82) is 0 Å². The molecule has 0 unspecified atom stereocenters. The quantitative estimate of drug-likeness (QED) is 0.724. The molecule has 2 N–H and O–H groups in total. The Morgan fingerprint density at radius 1 is 1.55 bits per heavy atom. The molecule has 112 valence electrons. The number of nitrogens with zero attached hydrogens (tertiary/aromatic N) is 3. The monoisotopic (exact) mass is 298 g/mol. The van der Waals surface area contributed by atoms with E-state index >= 15 is 0 Å². The zero-order valence-corrected chi connectivity index (χ0v) is 13.1. The molecule has 0 radical (unpaired) electrons. The average Bonchev–Trinajstić information content (AvgIpc) is 2.79. The first-order valence-corrected chi connectivity index (χ1v) is 7.01. The molecule has 0 aromatic carbocycles. The van der Waals surface area contributed by atoms with Crippen molar-refractivity contribution >= 4 is 23.1 Å². The molecule has 1 aromatic heterocycles. The molecule has 0 aliphatic rings. The number of hydrogen-bond acceptors (Lipinski definition) is 4. The standard InChI is InChI=1S/C13H22N4O2S/c1-4-17-11(9-10(2)15-17)13(18)16(7-8-19-3)6-5-12(14)20/h9H,4-8H2,1-3H3,(H2,14,20). The van der Waals surface area contributed by atoms with Crippen molar-refractivity contribution in [2.75, 3.05) is 26.8 Å². The van der Waals surface area contributed by atoms with Crippen molar-refractivity contribution in [2.45, 2.75) is 26.8 Å². The Morgan fingerprint density at radius 2 is 2.25 bits per heavy atom. The van der Waals surface area contributed by atoms with Gasteiger partial charge >= 0.3 is 0 Å². The van der Waals surface area contributed by atoms with E-state index in [0.717, 1.165) is 5.69 Å². The highest BCUT2D eigenvalue weighted by atomic mass is 32.1. The zero-order chi connectivity index (χ0) is 15.1. The van der Waals surface area contributed by atoms with Crippen molar-refractivity contribution in [3.05, 3.63) is 17.5 Å². The van der Waals surface area contributed by atoms with Crippen LogP contribution in [-0.2, 0) is 11.3 Å². The molecule has 0 saturated carbocycles. The lowest BCUT2D eigenvalue weighted by atomic mass is 10.3. The van der Waals surface area contributed by atoms with Crippen molar-refractivity contribution < 1.29 is 9.53 Å². The van der Waals surface area contributed by atoms with Crippen LogP contribution in [0.2, 0.25) is 0 Å². The van der Waals surface area contributed by atoms with Crippen LogP contribution in [0, 0.1) is 6.92 Å². The fourth-order valence-electron chi connectivity index (χ4n) is 1.88. The van der Waals surface area contributed by atoms with Crippen molar-refractivity contribution in [3.8, 4) is 0 Å². The van der Waals surface area contributed by atoms with Gasteiger partial charge in [-0.2, -0.15) is 5.10 Å². The lowest BCUT2D eigenvalue weighted by Gasteiger charge is -2.22. The number of methoxy groups -OCH3 is 1. The van der Waals surface area contributed by atoms with E-state index in [1.807, 2.05) is 13.8 Å². The molecular weight excluding hydrogens is 276 g/mol. The maximum Gasteiger partial charge on any atom is 0.272 e. The highest BCUT2D eigenvalue weighted by molar-refractivity contribution is 7.80. The van der Waals surface area contributed by atoms with Crippen molar-refractivity contribution in [3.63, 3.8) is 0 Å². The average molecular weight is 298 g/mol. The van der Waals surface area contributed by atoms with Gasteiger partial charge in [0.25, 0.3) is 5.91 Å². The lowest BCUT2D eigenvalue weighted by molar-refractivity contribution is 0.0689. The third kappa shape index (κ3) is 4.57. The second-order valence-corrected chi connectivity index (χ2v) is 5.01. The Labute approximate surface area is 124 Å². The number of aryl methyl sites for hydroxylation is 2. The van der Waals surface area contributed by atoms with E-state index < -0.39 is 0 Å². The minimum Gasteiger partial charge on any atom is -0.393 e. The van der Waals surface area contributed by atoms with Crippen molar-refractivity contribution in [1.82, 2.24) is 14.7 Å². The molecule has 0 atom stereocenters. The Balaban J connectivity index is 2.87. The summed E-state index contributed by atoms with van der Waals surface area (Å²) in [6.45, 7) is 5.96.